The highest BCUT2D eigenvalue weighted by Gasteiger charge is 2.11. The molecule has 0 saturated heterocycles. The highest BCUT2D eigenvalue weighted by atomic mass is 32.2. The van der Waals surface area contributed by atoms with Crippen LogP contribution in [0.15, 0.2) is 38.7 Å². The Balaban J connectivity index is 1.93. The number of rotatable bonds is 6. The molecule has 0 unspecified atom stereocenters. The quantitative estimate of drug-likeness (QED) is 0.592. The molecule has 2 N–H and O–H groups in total. The van der Waals surface area contributed by atoms with Gasteiger partial charge < -0.3 is 15.2 Å². The van der Waals surface area contributed by atoms with Gasteiger partial charge in [-0.15, -0.1) is 0 Å². The van der Waals surface area contributed by atoms with E-state index in [9.17, 15) is 8.42 Å². The fourth-order valence-electron chi connectivity index (χ4n) is 2.50. The summed E-state index contributed by atoms with van der Waals surface area (Å²) in [5, 5.41) is 10.4. The minimum atomic E-state index is -3.20. The van der Waals surface area contributed by atoms with Crippen LogP contribution >= 0.6 is 0 Å². The molecule has 0 atom stereocenters. The van der Waals surface area contributed by atoms with E-state index in [1.165, 1.54) is 6.26 Å². The molecule has 0 fully saturated rings. The lowest BCUT2D eigenvalue weighted by Crippen LogP contribution is -2.36. The molecule has 0 radical (unpaired) electrons. The molecule has 0 bridgehead atoms. The maximum Gasteiger partial charge on any atom is 0.191 e. The lowest BCUT2D eigenvalue weighted by Gasteiger charge is -2.12. The number of aryl methyl sites for hydroxylation is 1. The van der Waals surface area contributed by atoms with E-state index in [1.807, 2.05) is 12.1 Å². The Morgan fingerprint density at radius 1 is 1.23 bits per heavy atom. The number of aromatic nitrogens is 1. The normalized spacial score (nSPS) is 12.5. The van der Waals surface area contributed by atoms with Crippen LogP contribution in [0.5, 0.6) is 0 Å². The number of hydrogen-bond donors (Lipinski definition) is 2. The van der Waals surface area contributed by atoms with Crippen LogP contribution in [0.25, 0.3) is 0 Å². The van der Waals surface area contributed by atoms with Crippen LogP contribution in [-0.4, -0.2) is 32.8 Å². The molecule has 8 heteroatoms. The van der Waals surface area contributed by atoms with Crippen LogP contribution in [0, 0.1) is 6.92 Å². The van der Waals surface area contributed by atoms with Gasteiger partial charge in [0.1, 0.15) is 0 Å². The predicted octanol–water partition coefficient (Wildman–Crippen LogP) is 2.38. The van der Waals surface area contributed by atoms with Gasteiger partial charge in [-0.25, -0.2) is 8.42 Å². The number of benzene rings is 1. The van der Waals surface area contributed by atoms with Crippen molar-refractivity contribution in [3.05, 3.63) is 46.8 Å². The smallest absolute Gasteiger partial charge is 0.191 e. The first-order chi connectivity index (χ1) is 12.2. The van der Waals surface area contributed by atoms with Gasteiger partial charge in [-0.3, -0.25) is 4.99 Å². The highest BCUT2D eigenvalue weighted by Crippen LogP contribution is 2.16. The van der Waals surface area contributed by atoms with E-state index >= 15 is 0 Å². The molecule has 2 rings (SSSR count). The highest BCUT2D eigenvalue weighted by molar-refractivity contribution is 7.90. The topological polar surface area (TPSA) is 96.6 Å². The van der Waals surface area contributed by atoms with Crippen molar-refractivity contribution in [1.82, 2.24) is 15.8 Å². The number of aliphatic imine (C=N–C) groups is 1. The molecule has 1 heterocycles. The number of nitrogens with zero attached hydrogens (tertiary/aromatic N) is 2. The largest absolute Gasteiger partial charge is 0.359 e. The van der Waals surface area contributed by atoms with Gasteiger partial charge in [-0.2, -0.15) is 0 Å². The van der Waals surface area contributed by atoms with Gasteiger partial charge in [0, 0.05) is 25.9 Å². The third kappa shape index (κ3) is 5.32. The molecule has 0 aliphatic carbocycles. The average molecular weight is 378 g/mol. The van der Waals surface area contributed by atoms with E-state index in [4.69, 9.17) is 4.52 Å². The molecule has 2 aromatic rings. The predicted molar refractivity (Wildman–Crippen MR) is 102 cm³/mol. The van der Waals surface area contributed by atoms with Crippen molar-refractivity contribution in [3.63, 3.8) is 0 Å². The van der Waals surface area contributed by atoms with Gasteiger partial charge >= 0.3 is 0 Å². The van der Waals surface area contributed by atoms with E-state index in [1.54, 1.807) is 26.1 Å². The lowest BCUT2D eigenvalue weighted by molar-refractivity contribution is 0.372. The van der Waals surface area contributed by atoms with E-state index in [-0.39, 0.29) is 0 Å². The van der Waals surface area contributed by atoms with Crippen molar-refractivity contribution in [3.8, 4) is 0 Å². The number of nitrogens with one attached hydrogen (secondary N) is 2. The second kappa shape index (κ2) is 8.35. The van der Waals surface area contributed by atoms with Crippen molar-refractivity contribution >= 4 is 15.8 Å². The van der Waals surface area contributed by atoms with Crippen LogP contribution in [0.3, 0.4) is 0 Å². The zero-order valence-corrected chi connectivity index (χ0v) is 16.6. The van der Waals surface area contributed by atoms with Gasteiger partial charge in [0.25, 0.3) is 0 Å². The number of hydrogen-bond acceptors (Lipinski definition) is 5. The maximum atomic E-state index is 11.7. The minimum Gasteiger partial charge on any atom is -0.359 e. The summed E-state index contributed by atoms with van der Waals surface area (Å²) in [7, 11) is -1.51. The second-order valence-electron chi connectivity index (χ2n) is 6.52. The van der Waals surface area contributed by atoms with Gasteiger partial charge in [-0.05, 0) is 30.0 Å². The molecule has 0 saturated carbocycles. The summed E-state index contributed by atoms with van der Waals surface area (Å²) in [5.74, 6) is 1.69. The van der Waals surface area contributed by atoms with Gasteiger partial charge in [0.2, 0.25) is 0 Å². The summed E-state index contributed by atoms with van der Waals surface area (Å²) in [6.07, 6.45) is 1.22. The van der Waals surface area contributed by atoms with Crippen molar-refractivity contribution in [2.75, 3.05) is 13.3 Å². The van der Waals surface area contributed by atoms with Crippen LogP contribution < -0.4 is 10.6 Å². The molecule has 0 amide bonds. The Hall–Kier alpha value is -2.35. The first-order valence-electron chi connectivity index (χ1n) is 8.40. The van der Waals surface area contributed by atoms with E-state index < -0.39 is 9.84 Å². The van der Waals surface area contributed by atoms with Crippen LogP contribution in [0.4, 0.5) is 0 Å². The fourth-order valence-corrected chi connectivity index (χ4v) is 3.46. The number of guanidine groups is 1. The molecule has 1 aromatic heterocycles. The Morgan fingerprint density at radius 2 is 1.92 bits per heavy atom. The molecule has 0 aliphatic rings. The summed E-state index contributed by atoms with van der Waals surface area (Å²) in [5.41, 5.74) is 2.63. The summed E-state index contributed by atoms with van der Waals surface area (Å²) in [4.78, 5) is 4.53. The van der Waals surface area contributed by atoms with Crippen LogP contribution in [0.1, 0.15) is 42.3 Å². The first-order valence-corrected chi connectivity index (χ1v) is 10.3. The zero-order chi connectivity index (χ0) is 19.3. The molecule has 142 valence electrons. The lowest BCUT2D eigenvalue weighted by atomic mass is 10.1. The van der Waals surface area contributed by atoms with E-state index in [0.29, 0.717) is 29.9 Å². The van der Waals surface area contributed by atoms with E-state index in [2.05, 4.69) is 34.6 Å². The van der Waals surface area contributed by atoms with Crippen molar-refractivity contribution in [2.24, 2.45) is 4.99 Å². The van der Waals surface area contributed by atoms with Crippen LogP contribution in [-0.2, 0) is 22.9 Å². The van der Waals surface area contributed by atoms with Crippen molar-refractivity contribution in [2.45, 2.75) is 44.7 Å². The van der Waals surface area contributed by atoms with Gasteiger partial charge in [0.15, 0.2) is 21.6 Å². The summed E-state index contributed by atoms with van der Waals surface area (Å²) >= 11 is 0. The van der Waals surface area contributed by atoms with Gasteiger partial charge in [0.05, 0.1) is 17.1 Å². The maximum absolute atomic E-state index is 11.7. The standard InChI is InChI=1S/C18H26N4O3S/c1-12(2)16-9-15(25-22-16)11-21-18(19-4)20-10-14-6-7-17(13(3)8-14)26(5,23)24/h6-9,12H,10-11H2,1-5H3,(H2,19,20,21). The number of sulfone groups is 1. The summed E-state index contributed by atoms with van der Waals surface area (Å²) in [6.45, 7) is 6.92. The Morgan fingerprint density at radius 3 is 2.46 bits per heavy atom. The van der Waals surface area contributed by atoms with Crippen molar-refractivity contribution < 1.29 is 12.9 Å². The molecule has 26 heavy (non-hydrogen) atoms. The molecular weight excluding hydrogens is 352 g/mol. The summed E-state index contributed by atoms with van der Waals surface area (Å²) in [6, 6.07) is 7.23. The Labute approximate surface area is 154 Å². The van der Waals surface area contributed by atoms with Gasteiger partial charge in [-0.1, -0.05) is 31.1 Å². The Bertz CT molecular complexity index is 886. The fraction of sp³-hybridized carbons (Fsp3) is 0.444. The van der Waals surface area contributed by atoms with E-state index in [0.717, 1.165) is 22.6 Å². The molecular formula is C18H26N4O3S. The molecule has 0 aliphatic heterocycles. The zero-order valence-electron chi connectivity index (χ0n) is 15.8. The minimum absolute atomic E-state index is 0.322. The summed E-state index contributed by atoms with van der Waals surface area (Å²) < 4.78 is 28.7. The van der Waals surface area contributed by atoms with Crippen LogP contribution in [0.2, 0.25) is 0 Å². The molecule has 7 nitrogen and oxygen atoms in total. The molecule has 1 aromatic carbocycles. The third-order valence-corrected chi connectivity index (χ3v) is 5.18. The SMILES string of the molecule is CN=C(NCc1ccc(S(C)(=O)=O)c(C)c1)NCc1cc(C(C)C)no1. The first kappa shape index (κ1) is 20.0. The average Bonchev–Trinajstić information content (AvgIpc) is 3.03. The monoisotopic (exact) mass is 378 g/mol. The second-order valence-corrected chi connectivity index (χ2v) is 8.51. The third-order valence-electron chi connectivity index (χ3n) is 3.92. The molecule has 0 spiro atoms. The Kier molecular flexibility index (Phi) is 6.42. The van der Waals surface area contributed by atoms with Crippen molar-refractivity contribution in [1.29, 1.82) is 0 Å².